The lowest BCUT2D eigenvalue weighted by molar-refractivity contribution is -0.156. The van der Waals surface area contributed by atoms with E-state index in [1.54, 1.807) is 26.8 Å². The van der Waals surface area contributed by atoms with Gasteiger partial charge in [0, 0.05) is 25.4 Å². The number of anilines is 1. The van der Waals surface area contributed by atoms with Crippen LogP contribution in [0.1, 0.15) is 32.3 Å². The van der Waals surface area contributed by atoms with Gasteiger partial charge in [-0.1, -0.05) is 19.9 Å². The highest BCUT2D eigenvalue weighted by Gasteiger charge is 2.26. The molecule has 2 rings (SSSR count). The molecule has 0 radical (unpaired) electrons. The largest absolute Gasteiger partial charge is 0.454 e. The number of aryl methyl sites for hydroxylation is 1. The minimum atomic E-state index is -3.63. The quantitative estimate of drug-likeness (QED) is 0.669. The van der Waals surface area contributed by atoms with Gasteiger partial charge in [0.15, 0.2) is 12.7 Å². The third-order valence-corrected chi connectivity index (χ3v) is 6.41. The topological polar surface area (TPSA) is 102 Å². The Morgan fingerprint density at radius 3 is 2.59 bits per heavy atom. The van der Waals surface area contributed by atoms with Crippen LogP contribution in [0.4, 0.5) is 5.69 Å². The fourth-order valence-electron chi connectivity index (χ4n) is 2.79. The van der Waals surface area contributed by atoms with E-state index in [9.17, 15) is 18.0 Å². The first kappa shape index (κ1) is 21.3. The molecule has 150 valence electrons. The van der Waals surface area contributed by atoms with E-state index < -0.39 is 34.6 Å². The van der Waals surface area contributed by atoms with Crippen molar-refractivity contribution in [2.75, 3.05) is 31.6 Å². The molecule has 1 saturated heterocycles. The van der Waals surface area contributed by atoms with Crippen molar-refractivity contribution < 1.29 is 27.5 Å². The van der Waals surface area contributed by atoms with Crippen LogP contribution in [0.5, 0.6) is 0 Å². The molecule has 0 aliphatic carbocycles. The predicted molar refractivity (Wildman–Crippen MR) is 99.8 cm³/mol. The average molecular weight is 398 g/mol. The van der Waals surface area contributed by atoms with Crippen molar-refractivity contribution in [2.45, 2.75) is 44.6 Å². The lowest BCUT2D eigenvalue weighted by Gasteiger charge is -2.19. The predicted octanol–water partition coefficient (Wildman–Crippen LogP) is 1.69. The van der Waals surface area contributed by atoms with Crippen molar-refractivity contribution >= 4 is 27.6 Å². The van der Waals surface area contributed by atoms with Gasteiger partial charge in [-0.2, -0.15) is 4.31 Å². The summed E-state index contributed by atoms with van der Waals surface area (Å²) in [6.45, 7) is 6.05. The summed E-state index contributed by atoms with van der Waals surface area (Å²) in [7, 11) is -3.63. The van der Waals surface area contributed by atoms with Gasteiger partial charge in [-0.25, -0.2) is 13.2 Å². The van der Waals surface area contributed by atoms with Crippen LogP contribution in [0.25, 0.3) is 0 Å². The Bertz CT molecular complexity index is 783. The summed E-state index contributed by atoms with van der Waals surface area (Å²) in [5.41, 5.74) is 1.06. The van der Waals surface area contributed by atoms with E-state index in [1.807, 2.05) is 0 Å². The highest BCUT2D eigenvalue weighted by atomic mass is 32.2. The fraction of sp³-hybridized carbons (Fsp3) is 0.556. The molecule has 1 heterocycles. The minimum Gasteiger partial charge on any atom is -0.454 e. The number of carbonyl (C=O) groups is 2. The summed E-state index contributed by atoms with van der Waals surface area (Å²) in [5, 5.41) is 2.60. The molecule has 1 aromatic rings. The molecule has 1 N–H and O–H groups in total. The second-order valence-electron chi connectivity index (χ2n) is 6.22. The Morgan fingerprint density at radius 1 is 1.30 bits per heavy atom. The number of hydrogen-bond donors (Lipinski definition) is 1. The maximum atomic E-state index is 12.6. The van der Waals surface area contributed by atoms with Gasteiger partial charge < -0.3 is 14.8 Å². The Hall–Kier alpha value is -1.97. The van der Waals surface area contributed by atoms with Crippen molar-refractivity contribution in [1.82, 2.24) is 4.31 Å². The third-order valence-electron chi connectivity index (χ3n) is 4.36. The van der Waals surface area contributed by atoms with Gasteiger partial charge in [-0.15, -0.1) is 0 Å². The summed E-state index contributed by atoms with van der Waals surface area (Å²) in [4.78, 5) is 24.0. The van der Waals surface area contributed by atoms with Gasteiger partial charge in [0.1, 0.15) is 0 Å². The van der Waals surface area contributed by atoms with Gasteiger partial charge in [-0.05, 0) is 37.5 Å². The van der Waals surface area contributed by atoms with E-state index in [0.29, 0.717) is 37.4 Å². The smallest absolute Gasteiger partial charge is 0.335 e. The number of nitrogens with one attached hydrogen (secondary N) is 1. The number of esters is 1. The normalized spacial score (nSPS) is 17.1. The van der Waals surface area contributed by atoms with Gasteiger partial charge in [0.25, 0.3) is 5.91 Å². The molecular weight excluding hydrogens is 372 g/mol. The van der Waals surface area contributed by atoms with Crippen molar-refractivity contribution in [3.8, 4) is 0 Å². The third kappa shape index (κ3) is 5.27. The molecule has 9 heteroatoms. The number of ether oxygens (including phenoxy) is 2. The average Bonchev–Trinajstić information content (AvgIpc) is 3.17. The second-order valence-corrected chi connectivity index (χ2v) is 8.16. The van der Waals surface area contributed by atoms with E-state index in [2.05, 4.69) is 5.32 Å². The maximum absolute atomic E-state index is 12.6. The highest BCUT2D eigenvalue weighted by molar-refractivity contribution is 7.89. The molecule has 1 fully saturated rings. The number of carbonyl (C=O) groups excluding carboxylic acids is 2. The van der Waals surface area contributed by atoms with E-state index in [0.717, 1.165) is 6.42 Å². The SMILES string of the molecule is CCN(CC)S(=O)(=O)c1ccc(C)c(NC(=O)COC(=O)[C@@H]2CCCO2)c1. The van der Waals surface area contributed by atoms with Crippen LogP contribution in [-0.2, 0) is 29.1 Å². The fourth-order valence-corrected chi connectivity index (χ4v) is 4.27. The van der Waals surface area contributed by atoms with Crippen LogP contribution in [-0.4, -0.2) is 57.0 Å². The molecule has 1 aliphatic rings. The number of hydrogen-bond acceptors (Lipinski definition) is 6. The molecule has 0 unspecified atom stereocenters. The summed E-state index contributed by atoms with van der Waals surface area (Å²) in [6.07, 6.45) is 0.770. The molecule has 0 aromatic heterocycles. The Morgan fingerprint density at radius 2 is 2.00 bits per heavy atom. The zero-order chi connectivity index (χ0) is 20.0. The molecular formula is C18H26N2O6S. The Balaban J connectivity index is 2.05. The number of nitrogens with zero attached hydrogens (tertiary/aromatic N) is 1. The van der Waals surface area contributed by atoms with E-state index in [4.69, 9.17) is 9.47 Å². The van der Waals surface area contributed by atoms with E-state index >= 15 is 0 Å². The number of benzene rings is 1. The molecule has 0 bridgehead atoms. The van der Waals surface area contributed by atoms with Crippen LogP contribution >= 0.6 is 0 Å². The summed E-state index contributed by atoms with van der Waals surface area (Å²) in [6, 6.07) is 4.56. The summed E-state index contributed by atoms with van der Waals surface area (Å²) in [5.74, 6) is -1.10. The Kier molecular flexibility index (Phi) is 7.34. The van der Waals surface area contributed by atoms with Crippen LogP contribution < -0.4 is 5.32 Å². The van der Waals surface area contributed by atoms with Gasteiger partial charge in [-0.3, -0.25) is 4.79 Å². The van der Waals surface area contributed by atoms with Crippen LogP contribution in [0.2, 0.25) is 0 Å². The van der Waals surface area contributed by atoms with Crippen molar-refractivity contribution in [2.24, 2.45) is 0 Å². The molecule has 1 amide bonds. The molecule has 27 heavy (non-hydrogen) atoms. The number of amides is 1. The first-order valence-electron chi connectivity index (χ1n) is 8.98. The molecule has 0 saturated carbocycles. The minimum absolute atomic E-state index is 0.100. The molecule has 1 aliphatic heterocycles. The lowest BCUT2D eigenvalue weighted by Crippen LogP contribution is -2.31. The monoisotopic (exact) mass is 398 g/mol. The summed E-state index contributed by atoms with van der Waals surface area (Å²) < 4.78 is 36.8. The zero-order valence-electron chi connectivity index (χ0n) is 15.9. The van der Waals surface area contributed by atoms with Crippen LogP contribution in [0, 0.1) is 6.92 Å². The molecule has 1 atom stereocenters. The number of rotatable bonds is 8. The molecule has 0 spiro atoms. The first-order chi connectivity index (χ1) is 12.8. The molecule has 1 aromatic carbocycles. The van der Waals surface area contributed by atoms with Gasteiger partial charge in [0.2, 0.25) is 10.0 Å². The van der Waals surface area contributed by atoms with Gasteiger partial charge in [0.05, 0.1) is 4.90 Å². The highest BCUT2D eigenvalue weighted by Crippen LogP contribution is 2.23. The van der Waals surface area contributed by atoms with Crippen molar-refractivity contribution in [3.05, 3.63) is 23.8 Å². The van der Waals surface area contributed by atoms with Crippen LogP contribution in [0.15, 0.2) is 23.1 Å². The second kappa shape index (κ2) is 9.29. The first-order valence-corrected chi connectivity index (χ1v) is 10.4. The van der Waals surface area contributed by atoms with Crippen molar-refractivity contribution in [3.63, 3.8) is 0 Å². The van der Waals surface area contributed by atoms with Crippen molar-refractivity contribution in [1.29, 1.82) is 0 Å². The van der Waals surface area contributed by atoms with Gasteiger partial charge >= 0.3 is 5.97 Å². The molecule has 8 nitrogen and oxygen atoms in total. The Labute approximate surface area is 159 Å². The zero-order valence-corrected chi connectivity index (χ0v) is 16.7. The van der Waals surface area contributed by atoms with Crippen LogP contribution in [0.3, 0.4) is 0 Å². The van der Waals surface area contributed by atoms with E-state index in [1.165, 1.54) is 16.4 Å². The van der Waals surface area contributed by atoms with E-state index in [-0.39, 0.29) is 4.90 Å². The standard InChI is InChI=1S/C18H26N2O6S/c1-4-20(5-2)27(23,24)14-9-8-13(3)15(11-14)19-17(21)12-26-18(22)16-7-6-10-25-16/h8-9,11,16H,4-7,10,12H2,1-3H3,(H,19,21)/t16-/m0/s1. The lowest BCUT2D eigenvalue weighted by atomic mass is 10.2. The summed E-state index contributed by atoms with van der Waals surface area (Å²) >= 11 is 0. The maximum Gasteiger partial charge on any atom is 0.335 e. The number of sulfonamides is 1.